The monoisotopic (exact) mass is 375 g/mol. The minimum Gasteiger partial charge on any atom is -0.445 e. The maximum atomic E-state index is 12.3. The van der Waals surface area contributed by atoms with Crippen LogP contribution in [0.25, 0.3) is 10.2 Å². The van der Waals surface area contributed by atoms with Gasteiger partial charge in [0.15, 0.2) is 0 Å². The molecule has 136 valence electrons. The van der Waals surface area contributed by atoms with Crippen molar-refractivity contribution in [2.75, 3.05) is 0 Å². The first-order valence-corrected chi connectivity index (χ1v) is 8.49. The molecule has 1 saturated carbocycles. The number of amides is 1. The second kappa shape index (κ2) is 6.95. The molecule has 1 heterocycles. The summed E-state index contributed by atoms with van der Waals surface area (Å²) in [6.07, 6.45) is -1.66. The predicted molar refractivity (Wildman–Crippen MR) is 84.9 cm³/mol. The number of nitrogens with one attached hydrogen (secondary N) is 1. The Morgan fingerprint density at radius 2 is 2.08 bits per heavy atom. The summed E-state index contributed by atoms with van der Waals surface area (Å²) < 4.78 is 48.2. The number of thiazole rings is 1. The lowest BCUT2D eigenvalue weighted by atomic mass is 10.3. The van der Waals surface area contributed by atoms with Gasteiger partial charge in [-0.25, -0.2) is 10.2 Å². The quantitative estimate of drug-likeness (QED) is 0.834. The second-order valence-corrected chi connectivity index (χ2v) is 6.67. The number of halogens is 3. The van der Waals surface area contributed by atoms with Crippen LogP contribution in [0.1, 0.15) is 25.7 Å². The number of fused-ring (bicyclic) bond motifs is 1. The molecule has 0 saturated heterocycles. The van der Waals surface area contributed by atoms with Gasteiger partial charge in [-0.05, 0) is 43.9 Å². The van der Waals surface area contributed by atoms with E-state index in [0.717, 1.165) is 37.0 Å². The largest absolute Gasteiger partial charge is 0.573 e. The van der Waals surface area contributed by atoms with Crippen molar-refractivity contribution in [3.8, 4) is 5.75 Å². The fraction of sp³-hybridized carbons (Fsp3) is 0.467. The minimum atomic E-state index is -4.74. The van der Waals surface area contributed by atoms with Crippen molar-refractivity contribution in [1.82, 2.24) is 9.99 Å². The first-order chi connectivity index (χ1) is 11.8. The predicted octanol–water partition coefficient (Wildman–Crippen LogP) is 3.62. The molecule has 3 rings (SSSR count). The molecule has 6 nitrogen and oxygen atoms in total. The molecule has 0 atom stereocenters. The molecule has 1 aromatic heterocycles. The average molecular weight is 375 g/mol. The fourth-order valence-electron chi connectivity index (χ4n) is 2.70. The molecule has 1 fully saturated rings. The third-order valence-electron chi connectivity index (χ3n) is 3.83. The van der Waals surface area contributed by atoms with Gasteiger partial charge >= 0.3 is 12.5 Å². The Bertz CT molecular complexity index is 838. The Hall–Kier alpha value is -2.23. The molecule has 1 aromatic carbocycles. The maximum Gasteiger partial charge on any atom is 0.573 e. The zero-order valence-electron chi connectivity index (χ0n) is 13.3. The van der Waals surface area contributed by atoms with Crippen LogP contribution in [0.5, 0.6) is 5.75 Å². The topological polar surface area (TPSA) is 64.9 Å². The Balaban J connectivity index is 1.76. The smallest absolute Gasteiger partial charge is 0.445 e. The van der Waals surface area contributed by atoms with Crippen molar-refractivity contribution < 1.29 is 27.4 Å². The molecule has 0 bridgehead atoms. The Morgan fingerprint density at radius 3 is 2.76 bits per heavy atom. The van der Waals surface area contributed by atoms with Gasteiger partial charge in [0.2, 0.25) is 4.80 Å². The molecule has 25 heavy (non-hydrogen) atoms. The molecule has 0 spiro atoms. The molecule has 1 aliphatic carbocycles. The van der Waals surface area contributed by atoms with Crippen LogP contribution in [0.15, 0.2) is 23.3 Å². The van der Waals surface area contributed by atoms with Crippen LogP contribution in [0.4, 0.5) is 18.0 Å². The van der Waals surface area contributed by atoms with Crippen molar-refractivity contribution in [3.63, 3.8) is 0 Å². The van der Waals surface area contributed by atoms with Gasteiger partial charge in [-0.3, -0.25) is 0 Å². The van der Waals surface area contributed by atoms with E-state index in [1.807, 2.05) is 0 Å². The van der Waals surface area contributed by atoms with E-state index in [9.17, 15) is 18.0 Å². The number of ether oxygens (including phenoxy) is 2. The van der Waals surface area contributed by atoms with Crippen molar-refractivity contribution in [1.29, 1.82) is 0 Å². The summed E-state index contributed by atoms with van der Waals surface area (Å²) in [5.74, 6) is -0.304. The molecule has 10 heteroatoms. The zero-order chi connectivity index (χ0) is 18.0. The normalized spacial score (nSPS) is 16.4. The van der Waals surface area contributed by atoms with Crippen LogP contribution in [-0.2, 0) is 11.8 Å². The molecule has 0 aliphatic heterocycles. The molecular weight excluding hydrogens is 359 g/mol. The summed E-state index contributed by atoms with van der Waals surface area (Å²) in [5.41, 5.74) is 2.99. The molecular formula is C15H16F3N3O3S. The lowest BCUT2D eigenvalue weighted by Gasteiger charge is -2.09. The van der Waals surface area contributed by atoms with Crippen molar-refractivity contribution >= 4 is 27.6 Å². The number of aryl methyl sites for hydroxylation is 1. The van der Waals surface area contributed by atoms with Crippen LogP contribution < -0.4 is 15.0 Å². The number of rotatable bonds is 3. The average Bonchev–Trinajstić information content (AvgIpc) is 3.12. The van der Waals surface area contributed by atoms with Gasteiger partial charge in [0, 0.05) is 7.05 Å². The number of alkyl halides is 3. The van der Waals surface area contributed by atoms with E-state index in [1.165, 1.54) is 18.2 Å². The molecule has 0 unspecified atom stereocenters. The van der Waals surface area contributed by atoms with Crippen molar-refractivity contribution in [2.45, 2.75) is 38.1 Å². The van der Waals surface area contributed by atoms with E-state index in [4.69, 9.17) is 4.74 Å². The highest BCUT2D eigenvalue weighted by molar-refractivity contribution is 7.16. The van der Waals surface area contributed by atoms with E-state index in [-0.39, 0.29) is 11.9 Å². The van der Waals surface area contributed by atoms with Gasteiger partial charge in [0.25, 0.3) is 0 Å². The minimum absolute atomic E-state index is 0.0755. The van der Waals surface area contributed by atoms with E-state index < -0.39 is 12.5 Å². The van der Waals surface area contributed by atoms with Crippen molar-refractivity contribution in [2.24, 2.45) is 12.1 Å². The van der Waals surface area contributed by atoms with Crippen LogP contribution in [0, 0.1) is 0 Å². The summed E-state index contributed by atoms with van der Waals surface area (Å²) in [5, 5.41) is 3.98. The number of aromatic nitrogens is 1. The highest BCUT2D eigenvalue weighted by Gasteiger charge is 2.31. The number of hydrogen-bond donors (Lipinski definition) is 1. The number of carbonyl (C=O) groups is 1. The maximum absolute atomic E-state index is 12.3. The van der Waals surface area contributed by atoms with E-state index >= 15 is 0 Å². The Kier molecular flexibility index (Phi) is 4.89. The Labute approximate surface area is 144 Å². The second-order valence-electron chi connectivity index (χ2n) is 5.66. The van der Waals surface area contributed by atoms with Gasteiger partial charge in [0.05, 0.1) is 10.2 Å². The lowest BCUT2D eigenvalue weighted by Crippen LogP contribution is -2.27. The molecule has 1 aliphatic rings. The zero-order valence-corrected chi connectivity index (χ0v) is 14.1. The fourth-order valence-corrected chi connectivity index (χ4v) is 3.70. The summed E-state index contributed by atoms with van der Waals surface area (Å²) in [4.78, 5) is 12.2. The SMILES string of the molecule is Cn1/c(=N\NC(=O)OC2CCCC2)sc2cc(OC(F)(F)F)ccc21. The lowest BCUT2D eigenvalue weighted by molar-refractivity contribution is -0.274. The van der Waals surface area contributed by atoms with Crippen LogP contribution in [0.3, 0.4) is 0 Å². The Morgan fingerprint density at radius 1 is 1.36 bits per heavy atom. The van der Waals surface area contributed by atoms with E-state index in [2.05, 4.69) is 15.3 Å². The molecule has 2 aromatic rings. The molecule has 1 amide bonds. The third kappa shape index (κ3) is 4.44. The molecule has 0 radical (unpaired) electrons. The standard InChI is InChI=1S/C15H16F3N3O3S/c1-21-11-7-6-10(24-15(16,17)18)8-12(11)25-13(21)19-20-14(22)23-9-4-2-3-5-9/h6-9H,2-5H2,1H3,(H,20,22)/b19-13+. The summed E-state index contributed by atoms with van der Waals surface area (Å²) in [6, 6.07) is 4.01. The van der Waals surface area contributed by atoms with Gasteiger partial charge in [-0.2, -0.15) is 0 Å². The van der Waals surface area contributed by atoms with Gasteiger partial charge in [-0.1, -0.05) is 11.3 Å². The van der Waals surface area contributed by atoms with Crippen LogP contribution >= 0.6 is 11.3 Å². The van der Waals surface area contributed by atoms with Crippen molar-refractivity contribution in [3.05, 3.63) is 23.0 Å². The number of hydrogen-bond acceptors (Lipinski definition) is 5. The van der Waals surface area contributed by atoms with Gasteiger partial charge < -0.3 is 14.0 Å². The highest BCUT2D eigenvalue weighted by atomic mass is 32.1. The highest BCUT2D eigenvalue weighted by Crippen LogP contribution is 2.27. The van der Waals surface area contributed by atoms with E-state index in [0.29, 0.717) is 15.0 Å². The number of carbonyl (C=O) groups excluding carboxylic acids is 1. The third-order valence-corrected chi connectivity index (χ3v) is 4.93. The summed E-state index contributed by atoms with van der Waals surface area (Å²) in [6.45, 7) is 0. The number of nitrogens with zero attached hydrogens (tertiary/aromatic N) is 2. The first kappa shape index (κ1) is 17.6. The van der Waals surface area contributed by atoms with Crippen LogP contribution in [-0.4, -0.2) is 23.1 Å². The first-order valence-electron chi connectivity index (χ1n) is 7.67. The van der Waals surface area contributed by atoms with Crippen LogP contribution in [0.2, 0.25) is 0 Å². The summed E-state index contributed by atoms with van der Waals surface area (Å²) >= 11 is 1.13. The van der Waals surface area contributed by atoms with Gasteiger partial charge in [0.1, 0.15) is 11.9 Å². The number of benzene rings is 1. The van der Waals surface area contributed by atoms with E-state index in [1.54, 1.807) is 11.6 Å². The van der Waals surface area contributed by atoms with Gasteiger partial charge in [-0.15, -0.1) is 18.3 Å². The summed E-state index contributed by atoms with van der Waals surface area (Å²) in [7, 11) is 1.70. The molecule has 1 N–H and O–H groups in total.